The monoisotopic (exact) mass is 338 g/mol. The number of hydrogen-bond acceptors (Lipinski definition) is 5. The van der Waals surface area contributed by atoms with Crippen molar-refractivity contribution in [2.45, 2.75) is 6.42 Å². The maximum absolute atomic E-state index is 12.2. The molecule has 9 heteroatoms. The Morgan fingerprint density at radius 1 is 1.29 bits per heavy atom. The fourth-order valence-electron chi connectivity index (χ4n) is 1.90. The molecule has 0 aromatic carbocycles. The second-order valence-electron chi connectivity index (χ2n) is 4.60. The third-order valence-electron chi connectivity index (χ3n) is 3.06. The van der Waals surface area contributed by atoms with E-state index in [4.69, 9.17) is 4.74 Å². The first-order valence-electron chi connectivity index (χ1n) is 7.09. The zero-order valence-corrected chi connectivity index (χ0v) is 14.4. The van der Waals surface area contributed by atoms with Crippen LogP contribution in [0.1, 0.15) is 6.42 Å². The Bertz CT molecular complexity index is 409. The third kappa shape index (κ3) is 7.35. The molecular formula is C12H26N4O3S2. The molecule has 0 atom stereocenters. The van der Waals surface area contributed by atoms with Gasteiger partial charge in [-0.05, 0) is 6.42 Å². The molecule has 1 aliphatic rings. The predicted octanol–water partition coefficient (Wildman–Crippen LogP) is -0.433. The minimum absolute atomic E-state index is 0.0937. The lowest BCUT2D eigenvalue weighted by Crippen LogP contribution is -2.44. The number of guanidine groups is 1. The van der Waals surface area contributed by atoms with Gasteiger partial charge < -0.3 is 15.4 Å². The lowest BCUT2D eigenvalue weighted by molar-refractivity contribution is 0.195. The van der Waals surface area contributed by atoms with Gasteiger partial charge in [-0.1, -0.05) is 0 Å². The van der Waals surface area contributed by atoms with Crippen molar-refractivity contribution in [2.24, 2.45) is 4.99 Å². The molecule has 1 saturated heterocycles. The Balaban J connectivity index is 2.26. The number of methoxy groups -OCH3 is 1. The highest BCUT2D eigenvalue weighted by Crippen LogP contribution is 2.12. The standard InChI is InChI=1S/C12H26N4O3S2/c1-13-12(14-4-3-8-19-2)15-5-11-21(17,18)16-6-9-20-10-7-16/h3-11H2,1-2H3,(H2,13,14,15). The number of sulfonamides is 1. The molecule has 0 saturated carbocycles. The average molecular weight is 338 g/mol. The molecule has 1 rings (SSSR count). The highest BCUT2D eigenvalue weighted by atomic mass is 32.2. The van der Waals surface area contributed by atoms with E-state index in [1.807, 2.05) is 0 Å². The van der Waals surface area contributed by atoms with E-state index in [0.29, 0.717) is 32.2 Å². The predicted molar refractivity (Wildman–Crippen MR) is 88.5 cm³/mol. The van der Waals surface area contributed by atoms with E-state index in [1.165, 1.54) is 0 Å². The topological polar surface area (TPSA) is 83.0 Å². The molecule has 0 radical (unpaired) electrons. The van der Waals surface area contributed by atoms with Crippen LogP contribution in [0.2, 0.25) is 0 Å². The van der Waals surface area contributed by atoms with Crippen molar-refractivity contribution in [3.05, 3.63) is 0 Å². The molecule has 1 aliphatic heterocycles. The van der Waals surface area contributed by atoms with Crippen LogP contribution in [0, 0.1) is 0 Å². The molecule has 124 valence electrons. The van der Waals surface area contributed by atoms with Crippen LogP contribution >= 0.6 is 11.8 Å². The normalized spacial score (nSPS) is 17.7. The highest BCUT2D eigenvalue weighted by Gasteiger charge is 2.23. The Kier molecular flexibility index (Phi) is 9.05. The molecule has 0 spiro atoms. The summed E-state index contributed by atoms with van der Waals surface area (Å²) in [4.78, 5) is 4.06. The molecule has 7 nitrogen and oxygen atoms in total. The summed E-state index contributed by atoms with van der Waals surface area (Å²) in [6, 6.07) is 0. The SMILES string of the molecule is CN=C(NCCCOC)NCCS(=O)(=O)N1CCSCC1. The van der Waals surface area contributed by atoms with Gasteiger partial charge >= 0.3 is 0 Å². The van der Waals surface area contributed by atoms with E-state index in [2.05, 4.69) is 15.6 Å². The number of rotatable bonds is 8. The van der Waals surface area contributed by atoms with Gasteiger partial charge in [-0.3, -0.25) is 4.99 Å². The van der Waals surface area contributed by atoms with Gasteiger partial charge in [0.25, 0.3) is 0 Å². The van der Waals surface area contributed by atoms with Gasteiger partial charge in [-0.15, -0.1) is 0 Å². The van der Waals surface area contributed by atoms with Crippen molar-refractivity contribution in [1.29, 1.82) is 0 Å². The van der Waals surface area contributed by atoms with Crippen LogP contribution in [0.25, 0.3) is 0 Å². The van der Waals surface area contributed by atoms with E-state index in [0.717, 1.165) is 24.5 Å². The fraction of sp³-hybridized carbons (Fsp3) is 0.917. The average Bonchev–Trinajstić information content (AvgIpc) is 2.50. The second-order valence-corrected chi connectivity index (χ2v) is 7.91. The molecule has 0 aliphatic carbocycles. The van der Waals surface area contributed by atoms with Crippen LogP contribution in [-0.2, 0) is 14.8 Å². The first-order valence-corrected chi connectivity index (χ1v) is 9.85. The first kappa shape index (κ1) is 18.5. The number of aliphatic imine (C=N–C) groups is 1. The Labute approximate surface area is 132 Å². The maximum Gasteiger partial charge on any atom is 0.215 e. The lowest BCUT2D eigenvalue weighted by Gasteiger charge is -2.25. The molecule has 0 amide bonds. The number of ether oxygens (including phenoxy) is 1. The summed E-state index contributed by atoms with van der Waals surface area (Å²) in [7, 11) is 0.171. The van der Waals surface area contributed by atoms with E-state index in [-0.39, 0.29) is 5.75 Å². The van der Waals surface area contributed by atoms with Crippen molar-refractivity contribution in [2.75, 3.05) is 64.2 Å². The summed E-state index contributed by atoms with van der Waals surface area (Å²) in [5, 5.41) is 6.15. The van der Waals surface area contributed by atoms with Crippen LogP contribution in [0.5, 0.6) is 0 Å². The van der Waals surface area contributed by atoms with E-state index >= 15 is 0 Å². The molecule has 1 fully saturated rings. The molecule has 0 unspecified atom stereocenters. The molecule has 0 aromatic heterocycles. The summed E-state index contributed by atoms with van der Waals surface area (Å²) < 4.78 is 30.9. The van der Waals surface area contributed by atoms with Crippen molar-refractivity contribution < 1.29 is 13.2 Å². The first-order chi connectivity index (χ1) is 10.1. The second kappa shape index (κ2) is 10.3. The van der Waals surface area contributed by atoms with Crippen LogP contribution in [0.3, 0.4) is 0 Å². The summed E-state index contributed by atoms with van der Waals surface area (Å²) in [6.45, 7) is 3.03. The molecule has 0 aromatic rings. The molecule has 21 heavy (non-hydrogen) atoms. The Morgan fingerprint density at radius 3 is 2.57 bits per heavy atom. The fourth-order valence-corrected chi connectivity index (χ4v) is 4.39. The largest absolute Gasteiger partial charge is 0.385 e. The van der Waals surface area contributed by atoms with Crippen molar-refractivity contribution in [1.82, 2.24) is 14.9 Å². The van der Waals surface area contributed by atoms with Crippen LogP contribution in [-0.4, -0.2) is 82.9 Å². The molecular weight excluding hydrogens is 312 g/mol. The number of nitrogens with one attached hydrogen (secondary N) is 2. The molecule has 0 bridgehead atoms. The Morgan fingerprint density at radius 2 is 1.95 bits per heavy atom. The summed E-state index contributed by atoms with van der Waals surface area (Å²) in [6.07, 6.45) is 0.876. The van der Waals surface area contributed by atoms with Gasteiger partial charge in [-0.25, -0.2) is 12.7 Å². The maximum atomic E-state index is 12.2. The van der Waals surface area contributed by atoms with Crippen molar-refractivity contribution >= 4 is 27.7 Å². The minimum Gasteiger partial charge on any atom is -0.385 e. The number of thioether (sulfide) groups is 1. The van der Waals surface area contributed by atoms with Crippen LogP contribution in [0.15, 0.2) is 4.99 Å². The van der Waals surface area contributed by atoms with Gasteiger partial charge in [-0.2, -0.15) is 11.8 Å². The smallest absolute Gasteiger partial charge is 0.215 e. The van der Waals surface area contributed by atoms with E-state index in [1.54, 1.807) is 30.2 Å². The zero-order valence-electron chi connectivity index (χ0n) is 12.8. The zero-order chi connectivity index (χ0) is 15.6. The number of hydrogen-bond donors (Lipinski definition) is 2. The number of nitrogens with zero attached hydrogens (tertiary/aromatic N) is 2. The lowest BCUT2D eigenvalue weighted by atomic mass is 10.4. The van der Waals surface area contributed by atoms with Gasteiger partial charge in [0.2, 0.25) is 10.0 Å². The molecule has 1 heterocycles. The third-order valence-corrected chi connectivity index (χ3v) is 5.87. The van der Waals surface area contributed by atoms with Gasteiger partial charge in [0, 0.05) is 58.4 Å². The summed E-state index contributed by atoms with van der Waals surface area (Å²) >= 11 is 1.80. The molecule has 2 N–H and O–H groups in total. The highest BCUT2D eigenvalue weighted by molar-refractivity contribution is 7.99. The van der Waals surface area contributed by atoms with Crippen molar-refractivity contribution in [3.8, 4) is 0 Å². The van der Waals surface area contributed by atoms with Crippen molar-refractivity contribution in [3.63, 3.8) is 0 Å². The van der Waals surface area contributed by atoms with E-state index < -0.39 is 10.0 Å². The quantitative estimate of drug-likeness (QED) is 0.355. The van der Waals surface area contributed by atoms with Gasteiger partial charge in [0.1, 0.15) is 0 Å². The van der Waals surface area contributed by atoms with Gasteiger partial charge in [0.05, 0.1) is 5.75 Å². The van der Waals surface area contributed by atoms with Crippen LogP contribution < -0.4 is 10.6 Å². The van der Waals surface area contributed by atoms with E-state index in [9.17, 15) is 8.42 Å². The van der Waals surface area contributed by atoms with Gasteiger partial charge in [0.15, 0.2) is 5.96 Å². The van der Waals surface area contributed by atoms with Crippen LogP contribution in [0.4, 0.5) is 0 Å². The Hall–Kier alpha value is -0.510. The minimum atomic E-state index is -3.16. The summed E-state index contributed by atoms with van der Waals surface area (Å²) in [5.41, 5.74) is 0. The summed E-state index contributed by atoms with van der Waals surface area (Å²) in [5.74, 6) is 2.48.